The molecule has 86 valence electrons. The van der Waals surface area contributed by atoms with Crippen LogP contribution in [-0.4, -0.2) is 24.8 Å². The molecular weight excluding hydrogens is 212 g/mol. The maximum Gasteiger partial charge on any atom is 0.161 e. The van der Waals surface area contributed by atoms with Crippen LogP contribution >= 0.6 is 0 Å². The second-order valence-electron chi connectivity index (χ2n) is 3.72. The number of Topliss-reactive ketones (excluding diaryl/α,β-unsaturated/α-hetero) is 1. The lowest BCUT2D eigenvalue weighted by Gasteiger charge is -2.10. The normalized spacial score (nSPS) is 11.4. The van der Waals surface area contributed by atoms with Crippen molar-refractivity contribution < 1.29 is 13.6 Å². The molecule has 0 unspecified atom stereocenters. The lowest BCUT2D eigenvalue weighted by molar-refractivity contribution is -0.111. The maximum atomic E-state index is 13.0. The first-order valence-corrected chi connectivity index (χ1v) is 4.76. The first-order valence-electron chi connectivity index (χ1n) is 4.76. The van der Waals surface area contributed by atoms with E-state index in [0.717, 1.165) is 18.2 Å². The summed E-state index contributed by atoms with van der Waals surface area (Å²) in [4.78, 5) is 13.0. The second-order valence-corrected chi connectivity index (χ2v) is 3.72. The molecule has 0 aromatic heterocycles. The zero-order valence-electron chi connectivity index (χ0n) is 9.42. The fourth-order valence-electron chi connectivity index (χ4n) is 1.34. The van der Waals surface area contributed by atoms with Crippen molar-refractivity contribution in [1.82, 2.24) is 4.90 Å². The Morgan fingerprint density at radius 1 is 1.19 bits per heavy atom. The molecule has 0 saturated carbocycles. The molecule has 4 heteroatoms. The Bertz CT molecular complexity index is 418. The number of hydrogen-bond donors (Lipinski definition) is 0. The number of ketones is 1. The highest BCUT2D eigenvalue weighted by molar-refractivity contribution is 6.19. The Labute approximate surface area is 93.2 Å². The minimum absolute atomic E-state index is 0.237. The van der Waals surface area contributed by atoms with Crippen molar-refractivity contribution in [3.05, 3.63) is 41.6 Å². The summed E-state index contributed by atoms with van der Waals surface area (Å²) in [7, 11) is 3.47. The van der Waals surface area contributed by atoms with E-state index in [1.165, 1.54) is 13.1 Å². The molecule has 0 bridgehead atoms. The van der Waals surface area contributed by atoms with Gasteiger partial charge in [0.25, 0.3) is 0 Å². The molecule has 0 N–H and O–H groups in total. The van der Waals surface area contributed by atoms with Crippen LogP contribution in [0, 0.1) is 11.6 Å². The van der Waals surface area contributed by atoms with E-state index in [1.54, 1.807) is 19.0 Å². The van der Waals surface area contributed by atoms with Gasteiger partial charge >= 0.3 is 0 Å². The third kappa shape index (κ3) is 3.15. The van der Waals surface area contributed by atoms with Crippen molar-refractivity contribution >= 4 is 11.4 Å². The topological polar surface area (TPSA) is 20.3 Å². The number of nitrogens with zero attached hydrogens (tertiary/aromatic N) is 1. The Morgan fingerprint density at radius 3 is 2.06 bits per heavy atom. The van der Waals surface area contributed by atoms with Crippen LogP contribution in [-0.2, 0) is 4.79 Å². The minimum atomic E-state index is -0.694. The Kier molecular flexibility index (Phi) is 3.77. The molecule has 0 saturated heterocycles. The average molecular weight is 225 g/mol. The molecule has 0 aliphatic rings. The van der Waals surface area contributed by atoms with Gasteiger partial charge in [0.05, 0.1) is 0 Å². The highest BCUT2D eigenvalue weighted by Gasteiger charge is 2.10. The lowest BCUT2D eigenvalue weighted by Crippen LogP contribution is -2.07. The number of carbonyl (C=O) groups excluding carboxylic acids is 1. The van der Waals surface area contributed by atoms with Gasteiger partial charge in [-0.25, -0.2) is 8.78 Å². The summed E-state index contributed by atoms with van der Waals surface area (Å²) in [6, 6.07) is 3.05. The average Bonchev–Trinajstić information content (AvgIpc) is 2.11. The third-order valence-corrected chi connectivity index (χ3v) is 1.94. The van der Waals surface area contributed by atoms with Gasteiger partial charge in [-0.2, -0.15) is 0 Å². The van der Waals surface area contributed by atoms with E-state index in [1.807, 2.05) is 0 Å². The van der Waals surface area contributed by atoms with Crippen molar-refractivity contribution in [2.45, 2.75) is 6.92 Å². The van der Waals surface area contributed by atoms with Crippen molar-refractivity contribution in [2.24, 2.45) is 0 Å². The zero-order chi connectivity index (χ0) is 12.3. The standard InChI is InChI=1S/C12H13F2NO/c1-8(16)12(7-15(2)3)9-4-10(13)6-11(14)5-9/h4-7H,1-3H3. The van der Waals surface area contributed by atoms with E-state index in [4.69, 9.17) is 0 Å². The van der Waals surface area contributed by atoms with Gasteiger partial charge in [-0.05, 0) is 24.6 Å². The van der Waals surface area contributed by atoms with E-state index in [2.05, 4.69) is 0 Å². The van der Waals surface area contributed by atoms with Crippen molar-refractivity contribution in [2.75, 3.05) is 14.1 Å². The predicted octanol–water partition coefficient (Wildman–Crippen LogP) is 2.46. The molecule has 0 heterocycles. The van der Waals surface area contributed by atoms with E-state index in [0.29, 0.717) is 0 Å². The van der Waals surface area contributed by atoms with Gasteiger partial charge in [0.15, 0.2) is 5.78 Å². The molecule has 1 rings (SSSR count). The highest BCUT2D eigenvalue weighted by Crippen LogP contribution is 2.18. The van der Waals surface area contributed by atoms with Crippen LogP contribution in [0.5, 0.6) is 0 Å². The zero-order valence-corrected chi connectivity index (χ0v) is 9.42. The lowest BCUT2D eigenvalue weighted by atomic mass is 10.0. The molecule has 0 spiro atoms. The number of rotatable bonds is 3. The third-order valence-electron chi connectivity index (χ3n) is 1.94. The van der Waals surface area contributed by atoms with Gasteiger partial charge in [-0.1, -0.05) is 0 Å². The van der Waals surface area contributed by atoms with E-state index in [9.17, 15) is 13.6 Å². The van der Waals surface area contributed by atoms with Crippen molar-refractivity contribution in [3.63, 3.8) is 0 Å². The molecule has 0 fully saturated rings. The van der Waals surface area contributed by atoms with Crippen LogP contribution in [0.3, 0.4) is 0 Å². The molecule has 16 heavy (non-hydrogen) atoms. The SMILES string of the molecule is CC(=O)C(=CN(C)C)c1cc(F)cc(F)c1. The fourth-order valence-corrected chi connectivity index (χ4v) is 1.34. The summed E-state index contributed by atoms with van der Waals surface area (Å²) in [6.45, 7) is 1.36. The number of benzene rings is 1. The summed E-state index contributed by atoms with van der Waals surface area (Å²) >= 11 is 0. The number of hydrogen-bond acceptors (Lipinski definition) is 2. The largest absolute Gasteiger partial charge is 0.383 e. The Hall–Kier alpha value is -1.71. The first-order chi connectivity index (χ1) is 7.40. The van der Waals surface area contributed by atoms with Crippen LogP contribution in [0.15, 0.2) is 24.4 Å². The van der Waals surface area contributed by atoms with Gasteiger partial charge in [0.1, 0.15) is 11.6 Å². The van der Waals surface area contributed by atoms with Crippen molar-refractivity contribution in [3.8, 4) is 0 Å². The maximum absolute atomic E-state index is 13.0. The molecule has 2 nitrogen and oxygen atoms in total. The number of allylic oxidation sites excluding steroid dienone is 1. The van der Waals surface area contributed by atoms with Gasteiger partial charge < -0.3 is 4.90 Å². The van der Waals surface area contributed by atoms with Gasteiger partial charge in [0.2, 0.25) is 0 Å². The fraction of sp³-hybridized carbons (Fsp3) is 0.250. The first kappa shape index (κ1) is 12.4. The summed E-state index contributed by atoms with van der Waals surface area (Å²) in [6.07, 6.45) is 1.54. The van der Waals surface area contributed by atoms with E-state index >= 15 is 0 Å². The predicted molar refractivity (Wildman–Crippen MR) is 58.7 cm³/mol. The summed E-state index contributed by atoms with van der Waals surface area (Å²) in [5.41, 5.74) is 0.530. The monoisotopic (exact) mass is 225 g/mol. The van der Waals surface area contributed by atoms with Crippen LogP contribution in [0.4, 0.5) is 8.78 Å². The molecule has 0 radical (unpaired) electrons. The van der Waals surface area contributed by atoms with Crippen LogP contribution in [0.2, 0.25) is 0 Å². The number of halogens is 2. The van der Waals surface area contributed by atoms with Gasteiger partial charge in [0, 0.05) is 31.9 Å². The van der Waals surface area contributed by atoms with E-state index in [-0.39, 0.29) is 16.9 Å². The number of carbonyl (C=O) groups is 1. The molecule has 0 aliphatic carbocycles. The molecular formula is C12H13F2NO. The van der Waals surface area contributed by atoms with Gasteiger partial charge in [-0.15, -0.1) is 0 Å². The minimum Gasteiger partial charge on any atom is -0.383 e. The Morgan fingerprint density at radius 2 is 1.69 bits per heavy atom. The molecule has 0 atom stereocenters. The van der Waals surface area contributed by atoms with Crippen molar-refractivity contribution in [1.29, 1.82) is 0 Å². The quantitative estimate of drug-likeness (QED) is 0.736. The van der Waals surface area contributed by atoms with Gasteiger partial charge in [-0.3, -0.25) is 4.79 Å². The Balaban J connectivity index is 3.27. The smallest absolute Gasteiger partial charge is 0.161 e. The van der Waals surface area contributed by atoms with E-state index < -0.39 is 11.6 Å². The molecule has 1 aromatic rings. The van der Waals surface area contributed by atoms with Crippen LogP contribution in [0.25, 0.3) is 5.57 Å². The second kappa shape index (κ2) is 4.88. The molecule has 0 aliphatic heterocycles. The van der Waals surface area contributed by atoms with Crippen LogP contribution in [0.1, 0.15) is 12.5 Å². The summed E-state index contributed by atoms with van der Waals surface area (Å²) < 4.78 is 26.0. The van der Waals surface area contributed by atoms with Crippen LogP contribution < -0.4 is 0 Å². The molecule has 1 aromatic carbocycles. The highest BCUT2D eigenvalue weighted by atomic mass is 19.1. The molecule has 0 amide bonds. The summed E-state index contributed by atoms with van der Waals surface area (Å²) in [5.74, 6) is -1.62. The summed E-state index contributed by atoms with van der Waals surface area (Å²) in [5, 5.41) is 0.